The summed E-state index contributed by atoms with van der Waals surface area (Å²) >= 11 is 0. The Morgan fingerprint density at radius 1 is 1.09 bits per heavy atom. The maximum absolute atomic E-state index is 12.4. The van der Waals surface area contributed by atoms with Crippen molar-refractivity contribution in [3.05, 3.63) is 42.5 Å². The average Bonchev–Trinajstić information content (AvgIpc) is 3.09. The van der Waals surface area contributed by atoms with Crippen molar-refractivity contribution < 1.29 is 4.79 Å². The van der Waals surface area contributed by atoms with E-state index >= 15 is 0 Å². The molecule has 22 heavy (non-hydrogen) atoms. The molecule has 0 aromatic carbocycles. The van der Waals surface area contributed by atoms with E-state index < -0.39 is 0 Å². The highest BCUT2D eigenvalue weighted by molar-refractivity contribution is 5.92. The number of piperidine rings is 1. The topological polar surface area (TPSA) is 65.1 Å². The largest absolute Gasteiger partial charge is 0.357 e. The molecule has 0 aliphatic carbocycles. The predicted octanol–water partition coefficient (Wildman–Crippen LogP) is 1.69. The molecule has 1 N–H and O–H groups in total. The summed E-state index contributed by atoms with van der Waals surface area (Å²) in [7, 11) is 0. The van der Waals surface area contributed by atoms with Crippen molar-refractivity contribution in [1.82, 2.24) is 19.9 Å². The lowest BCUT2D eigenvalue weighted by Crippen LogP contribution is -2.65. The van der Waals surface area contributed by atoms with E-state index in [1.165, 1.54) is 0 Å². The highest BCUT2D eigenvalue weighted by atomic mass is 16.2. The van der Waals surface area contributed by atoms with Gasteiger partial charge in [-0.1, -0.05) is 0 Å². The minimum atomic E-state index is 0.0988. The molecule has 0 atom stereocenters. The number of carbonyl (C=O) groups is 1. The molecule has 4 heterocycles. The number of nitrogens with zero attached hydrogens (tertiary/aromatic N) is 4. The normalized spacial score (nSPS) is 20.0. The van der Waals surface area contributed by atoms with Gasteiger partial charge in [-0.15, -0.1) is 0 Å². The fraction of sp³-hybridized carbons (Fsp3) is 0.438. The van der Waals surface area contributed by atoms with Crippen LogP contribution in [0.3, 0.4) is 0 Å². The second-order valence-electron chi connectivity index (χ2n) is 6.05. The number of rotatable bonds is 2. The molecule has 2 aromatic heterocycles. The van der Waals surface area contributed by atoms with Gasteiger partial charge in [0.15, 0.2) is 0 Å². The lowest BCUT2D eigenvalue weighted by atomic mass is 9.76. The Hall–Kier alpha value is -2.37. The van der Waals surface area contributed by atoms with E-state index in [1.54, 1.807) is 18.6 Å². The smallest absolute Gasteiger partial charge is 0.270 e. The minimum Gasteiger partial charge on any atom is -0.357 e. The first-order chi connectivity index (χ1) is 10.8. The van der Waals surface area contributed by atoms with Gasteiger partial charge in [-0.25, -0.2) is 9.97 Å². The van der Waals surface area contributed by atoms with Crippen LogP contribution in [-0.4, -0.2) is 50.9 Å². The van der Waals surface area contributed by atoms with Gasteiger partial charge in [0.05, 0.1) is 0 Å². The summed E-state index contributed by atoms with van der Waals surface area (Å²) in [4.78, 5) is 28.4. The Bertz CT molecular complexity index is 646. The van der Waals surface area contributed by atoms with Crippen LogP contribution in [0.5, 0.6) is 0 Å². The summed E-state index contributed by atoms with van der Waals surface area (Å²) in [6.07, 6.45) is 8.50. The molecule has 2 saturated heterocycles. The van der Waals surface area contributed by atoms with Crippen molar-refractivity contribution >= 4 is 11.9 Å². The molecule has 6 nitrogen and oxygen atoms in total. The van der Waals surface area contributed by atoms with Crippen LogP contribution < -0.4 is 4.90 Å². The van der Waals surface area contributed by atoms with Gasteiger partial charge >= 0.3 is 0 Å². The number of hydrogen-bond donors (Lipinski definition) is 1. The van der Waals surface area contributed by atoms with Gasteiger partial charge in [0.25, 0.3) is 5.91 Å². The highest BCUT2D eigenvalue weighted by Crippen LogP contribution is 2.41. The highest BCUT2D eigenvalue weighted by Gasteiger charge is 2.48. The predicted molar refractivity (Wildman–Crippen MR) is 82.7 cm³/mol. The molecule has 2 aliphatic rings. The van der Waals surface area contributed by atoms with Gasteiger partial charge in [-0.05, 0) is 37.5 Å². The zero-order valence-electron chi connectivity index (χ0n) is 12.4. The van der Waals surface area contributed by atoms with Crippen molar-refractivity contribution in [2.24, 2.45) is 0 Å². The SMILES string of the molecule is O=C(c1ccc[nH]1)N1CCC2(CC1)CCN2c1ncccn1. The number of amides is 1. The first-order valence-electron chi connectivity index (χ1n) is 7.76. The number of hydrogen-bond acceptors (Lipinski definition) is 4. The lowest BCUT2D eigenvalue weighted by molar-refractivity contribution is 0.0606. The Kier molecular flexibility index (Phi) is 3.10. The van der Waals surface area contributed by atoms with Crippen molar-refractivity contribution in [2.45, 2.75) is 24.8 Å². The van der Waals surface area contributed by atoms with Gasteiger partial charge in [0.1, 0.15) is 5.69 Å². The quantitative estimate of drug-likeness (QED) is 0.916. The summed E-state index contributed by atoms with van der Waals surface area (Å²) in [6.45, 7) is 2.59. The Morgan fingerprint density at radius 3 is 2.41 bits per heavy atom. The van der Waals surface area contributed by atoms with Crippen LogP contribution in [0.4, 0.5) is 5.95 Å². The van der Waals surface area contributed by atoms with Crippen LogP contribution >= 0.6 is 0 Å². The molecule has 0 radical (unpaired) electrons. The van der Waals surface area contributed by atoms with Crippen molar-refractivity contribution in [1.29, 1.82) is 0 Å². The molecular weight excluding hydrogens is 278 g/mol. The molecule has 1 spiro atoms. The molecule has 6 heteroatoms. The summed E-state index contributed by atoms with van der Waals surface area (Å²) < 4.78 is 0. The van der Waals surface area contributed by atoms with Gasteiger partial charge in [-0.2, -0.15) is 0 Å². The summed E-state index contributed by atoms with van der Waals surface area (Å²) in [5, 5.41) is 0. The second-order valence-corrected chi connectivity index (χ2v) is 6.05. The molecule has 114 valence electrons. The number of aromatic amines is 1. The van der Waals surface area contributed by atoms with E-state index in [-0.39, 0.29) is 11.4 Å². The van der Waals surface area contributed by atoms with Crippen molar-refractivity contribution in [3.8, 4) is 0 Å². The number of anilines is 1. The van der Waals surface area contributed by atoms with Crippen molar-refractivity contribution in [3.63, 3.8) is 0 Å². The molecule has 0 bridgehead atoms. The van der Waals surface area contributed by atoms with Crippen molar-refractivity contribution in [2.75, 3.05) is 24.5 Å². The lowest BCUT2D eigenvalue weighted by Gasteiger charge is -2.56. The third-order valence-electron chi connectivity index (χ3n) is 4.98. The van der Waals surface area contributed by atoms with E-state index in [4.69, 9.17) is 0 Å². The van der Waals surface area contributed by atoms with E-state index in [9.17, 15) is 4.79 Å². The first-order valence-corrected chi connectivity index (χ1v) is 7.76. The van der Waals surface area contributed by atoms with Crippen LogP contribution in [0.25, 0.3) is 0 Å². The second kappa shape index (κ2) is 5.12. The minimum absolute atomic E-state index is 0.0988. The van der Waals surface area contributed by atoms with E-state index in [0.29, 0.717) is 5.69 Å². The Balaban J connectivity index is 1.45. The van der Waals surface area contributed by atoms with Gasteiger partial charge in [0, 0.05) is 43.8 Å². The molecule has 0 unspecified atom stereocenters. The monoisotopic (exact) mass is 297 g/mol. The standard InChI is InChI=1S/C16H19N5O/c22-14(13-3-1-7-17-13)20-10-4-16(5-11-20)6-12-21(16)15-18-8-2-9-19-15/h1-3,7-9,17H,4-6,10-12H2. The van der Waals surface area contributed by atoms with Gasteiger partial charge in [0.2, 0.25) is 5.95 Å². The van der Waals surface area contributed by atoms with Crippen LogP contribution in [0.1, 0.15) is 29.8 Å². The number of aromatic nitrogens is 3. The average molecular weight is 297 g/mol. The summed E-state index contributed by atoms with van der Waals surface area (Å²) in [6, 6.07) is 5.53. The number of likely N-dealkylation sites (tertiary alicyclic amines) is 1. The number of carbonyl (C=O) groups excluding carboxylic acids is 1. The summed E-state index contributed by atoms with van der Waals surface area (Å²) in [5.74, 6) is 0.916. The third kappa shape index (κ3) is 2.06. The fourth-order valence-electron chi connectivity index (χ4n) is 3.56. The number of nitrogens with one attached hydrogen (secondary N) is 1. The van der Waals surface area contributed by atoms with E-state index in [1.807, 2.05) is 23.1 Å². The number of H-pyrrole nitrogens is 1. The zero-order chi connectivity index (χ0) is 15.0. The molecule has 4 rings (SSSR count). The third-order valence-corrected chi connectivity index (χ3v) is 4.98. The van der Waals surface area contributed by atoms with Gasteiger partial charge < -0.3 is 14.8 Å². The summed E-state index contributed by atoms with van der Waals surface area (Å²) in [5.41, 5.74) is 0.821. The molecule has 2 aromatic rings. The van der Waals surface area contributed by atoms with Crippen LogP contribution in [0, 0.1) is 0 Å². The Morgan fingerprint density at radius 2 is 1.82 bits per heavy atom. The first kappa shape index (κ1) is 13.3. The molecule has 1 amide bonds. The van der Waals surface area contributed by atoms with E-state index in [0.717, 1.165) is 44.8 Å². The molecule has 2 fully saturated rings. The maximum atomic E-state index is 12.4. The Labute approximate surface area is 129 Å². The maximum Gasteiger partial charge on any atom is 0.270 e. The zero-order valence-corrected chi connectivity index (χ0v) is 12.4. The van der Waals surface area contributed by atoms with Crippen LogP contribution in [0.2, 0.25) is 0 Å². The van der Waals surface area contributed by atoms with Crippen LogP contribution in [0.15, 0.2) is 36.8 Å². The fourth-order valence-corrected chi connectivity index (χ4v) is 3.56. The molecule has 2 aliphatic heterocycles. The van der Waals surface area contributed by atoms with Gasteiger partial charge in [-0.3, -0.25) is 4.79 Å². The van der Waals surface area contributed by atoms with Crippen LogP contribution in [-0.2, 0) is 0 Å². The van der Waals surface area contributed by atoms with E-state index in [2.05, 4.69) is 19.9 Å². The molecular formula is C16H19N5O. The molecule has 0 saturated carbocycles.